The van der Waals surface area contributed by atoms with Crippen LogP contribution < -0.4 is 4.72 Å². The summed E-state index contributed by atoms with van der Waals surface area (Å²) < 4.78 is 31.1. The molecule has 1 aliphatic heterocycles. The van der Waals surface area contributed by atoms with E-state index in [2.05, 4.69) is 4.72 Å². The van der Waals surface area contributed by atoms with Crippen molar-refractivity contribution in [3.05, 3.63) is 0 Å². The van der Waals surface area contributed by atoms with Crippen molar-refractivity contribution in [3.63, 3.8) is 0 Å². The average molecular weight is 259 g/mol. The van der Waals surface area contributed by atoms with E-state index in [9.17, 15) is 13.2 Å². The van der Waals surface area contributed by atoms with Crippen molar-refractivity contribution in [2.75, 3.05) is 13.2 Å². The molecule has 0 bridgehead atoms. The minimum Gasteiger partial charge on any atom is -0.381 e. The second kappa shape index (κ2) is 3.68. The van der Waals surface area contributed by atoms with Gasteiger partial charge in [0.1, 0.15) is 0 Å². The summed E-state index contributed by atoms with van der Waals surface area (Å²) in [6.45, 7) is 1.30. The van der Waals surface area contributed by atoms with Gasteiger partial charge in [-0.2, -0.15) is 0 Å². The van der Waals surface area contributed by atoms with E-state index in [4.69, 9.17) is 4.74 Å². The summed E-state index contributed by atoms with van der Waals surface area (Å²) >= 11 is 0. The molecule has 3 aliphatic rings. The lowest BCUT2D eigenvalue weighted by atomic mass is 10.0. The first kappa shape index (κ1) is 11.5. The van der Waals surface area contributed by atoms with Crippen LogP contribution in [0.3, 0.4) is 0 Å². The summed E-state index contributed by atoms with van der Waals surface area (Å²) in [4.78, 5) is 11.9. The van der Waals surface area contributed by atoms with Crippen LogP contribution in [0.25, 0.3) is 0 Å². The molecule has 2 atom stereocenters. The quantitative estimate of drug-likeness (QED) is 0.797. The second-order valence-corrected chi connectivity index (χ2v) is 7.45. The zero-order chi connectivity index (χ0) is 12.1. The molecule has 6 heteroatoms. The van der Waals surface area contributed by atoms with Crippen LogP contribution in [0, 0.1) is 11.3 Å². The number of ether oxygens (including phenoxy) is 1. The zero-order valence-corrected chi connectivity index (χ0v) is 10.5. The van der Waals surface area contributed by atoms with Crippen LogP contribution in [0.4, 0.5) is 0 Å². The predicted octanol–water partition coefficient (Wildman–Crippen LogP) is 0.411. The summed E-state index contributed by atoms with van der Waals surface area (Å²) in [5, 5.41) is -0.346. The molecule has 1 N–H and O–H groups in total. The highest BCUT2D eigenvalue weighted by Gasteiger charge is 2.60. The van der Waals surface area contributed by atoms with Crippen molar-refractivity contribution in [2.24, 2.45) is 11.3 Å². The van der Waals surface area contributed by atoms with Crippen LogP contribution in [0.5, 0.6) is 0 Å². The van der Waals surface area contributed by atoms with E-state index in [1.807, 2.05) is 0 Å². The number of nitrogens with one attached hydrogen (secondary N) is 1. The van der Waals surface area contributed by atoms with Gasteiger partial charge in [-0.25, -0.2) is 8.42 Å². The largest absolute Gasteiger partial charge is 0.381 e. The van der Waals surface area contributed by atoms with Crippen LogP contribution >= 0.6 is 0 Å². The van der Waals surface area contributed by atoms with Gasteiger partial charge in [-0.3, -0.25) is 9.52 Å². The molecule has 0 radical (unpaired) electrons. The van der Waals surface area contributed by atoms with Crippen LogP contribution in [-0.4, -0.2) is 32.8 Å². The van der Waals surface area contributed by atoms with Crippen LogP contribution in [0.15, 0.2) is 0 Å². The predicted molar refractivity (Wildman–Crippen MR) is 60.7 cm³/mol. The standard InChI is InChI=1S/C11H17NO4S/c13-10(9-6-11(9)4-5-16-7-11)12-17(14,15)8-2-1-3-8/h8-9H,1-7H2,(H,12,13). The summed E-state index contributed by atoms with van der Waals surface area (Å²) in [6.07, 6.45) is 3.97. The van der Waals surface area contributed by atoms with Crippen molar-refractivity contribution in [1.82, 2.24) is 4.72 Å². The minimum absolute atomic E-state index is 0.0424. The van der Waals surface area contributed by atoms with Gasteiger partial charge in [0.25, 0.3) is 0 Å². The maximum atomic E-state index is 11.9. The van der Waals surface area contributed by atoms with Gasteiger partial charge < -0.3 is 4.74 Å². The molecule has 2 saturated carbocycles. The molecule has 1 spiro atoms. The normalized spacial score (nSPS) is 36.8. The summed E-state index contributed by atoms with van der Waals surface area (Å²) in [7, 11) is -3.41. The Bertz CT molecular complexity index is 434. The Morgan fingerprint density at radius 3 is 2.65 bits per heavy atom. The summed E-state index contributed by atoms with van der Waals surface area (Å²) in [6, 6.07) is 0. The van der Waals surface area contributed by atoms with Crippen molar-refractivity contribution in [3.8, 4) is 0 Å². The first-order chi connectivity index (χ1) is 8.04. The maximum absolute atomic E-state index is 11.9. The molecular weight excluding hydrogens is 242 g/mol. The maximum Gasteiger partial charge on any atom is 0.237 e. The van der Waals surface area contributed by atoms with Crippen LogP contribution in [0.1, 0.15) is 32.1 Å². The molecule has 0 aromatic carbocycles. The van der Waals surface area contributed by atoms with E-state index in [1.165, 1.54) is 0 Å². The molecule has 2 unspecified atom stereocenters. The van der Waals surface area contributed by atoms with Crippen molar-refractivity contribution >= 4 is 15.9 Å². The Morgan fingerprint density at radius 2 is 2.12 bits per heavy atom. The van der Waals surface area contributed by atoms with Gasteiger partial charge in [0, 0.05) is 17.9 Å². The molecule has 5 nitrogen and oxygen atoms in total. The molecule has 3 fully saturated rings. The number of amides is 1. The summed E-state index contributed by atoms with van der Waals surface area (Å²) in [5.74, 6) is -0.470. The summed E-state index contributed by atoms with van der Waals surface area (Å²) in [5.41, 5.74) is -0.0424. The lowest BCUT2D eigenvalue weighted by Crippen LogP contribution is -2.42. The van der Waals surface area contributed by atoms with Crippen LogP contribution in [0.2, 0.25) is 0 Å². The fourth-order valence-electron chi connectivity index (χ4n) is 2.75. The third-order valence-electron chi connectivity index (χ3n) is 4.37. The number of carbonyl (C=O) groups is 1. The van der Waals surface area contributed by atoms with Crippen LogP contribution in [-0.2, 0) is 19.6 Å². The van der Waals surface area contributed by atoms with Crippen molar-refractivity contribution < 1.29 is 17.9 Å². The lowest BCUT2D eigenvalue weighted by molar-refractivity contribution is -0.121. The molecule has 1 amide bonds. The van der Waals surface area contributed by atoms with E-state index < -0.39 is 10.0 Å². The molecule has 1 saturated heterocycles. The van der Waals surface area contributed by atoms with E-state index in [0.717, 1.165) is 19.3 Å². The molecule has 2 aliphatic carbocycles. The first-order valence-electron chi connectivity index (χ1n) is 6.17. The number of carbonyl (C=O) groups excluding carboxylic acids is 1. The number of sulfonamides is 1. The Morgan fingerprint density at radius 1 is 1.35 bits per heavy atom. The van der Waals surface area contributed by atoms with Gasteiger partial charge >= 0.3 is 0 Å². The highest BCUT2D eigenvalue weighted by Crippen LogP contribution is 2.57. The third-order valence-corrected chi connectivity index (χ3v) is 6.21. The molecule has 0 aromatic heterocycles. The van der Waals surface area contributed by atoms with Gasteiger partial charge in [-0.15, -0.1) is 0 Å². The van der Waals surface area contributed by atoms with Crippen molar-refractivity contribution in [2.45, 2.75) is 37.4 Å². The van der Waals surface area contributed by atoms with Crippen molar-refractivity contribution in [1.29, 1.82) is 0 Å². The first-order valence-corrected chi connectivity index (χ1v) is 7.71. The minimum atomic E-state index is -3.41. The molecule has 1 heterocycles. The SMILES string of the molecule is O=C(NS(=O)(=O)C1CCC1)C1CC12CCOC2. The molecule has 96 valence electrons. The molecular formula is C11H17NO4S. The Labute approximate surface area is 101 Å². The second-order valence-electron chi connectivity index (χ2n) is 5.49. The molecule has 0 aromatic rings. The van der Waals surface area contributed by atoms with Gasteiger partial charge in [0.15, 0.2) is 0 Å². The van der Waals surface area contributed by atoms with E-state index in [0.29, 0.717) is 26.1 Å². The average Bonchev–Trinajstić information content (AvgIpc) is 2.60. The zero-order valence-electron chi connectivity index (χ0n) is 9.65. The molecule has 3 rings (SSSR count). The fourth-order valence-corrected chi connectivity index (χ4v) is 4.30. The van der Waals surface area contributed by atoms with Gasteiger partial charge in [-0.05, 0) is 25.7 Å². The fraction of sp³-hybridized carbons (Fsp3) is 0.909. The third kappa shape index (κ3) is 1.87. The smallest absolute Gasteiger partial charge is 0.237 e. The van der Waals surface area contributed by atoms with E-state index in [1.54, 1.807) is 0 Å². The lowest BCUT2D eigenvalue weighted by Gasteiger charge is -2.25. The Kier molecular flexibility index (Phi) is 2.49. The van der Waals surface area contributed by atoms with Gasteiger partial charge in [-0.1, -0.05) is 6.42 Å². The van der Waals surface area contributed by atoms with Gasteiger partial charge in [0.2, 0.25) is 15.9 Å². The monoisotopic (exact) mass is 259 g/mol. The van der Waals surface area contributed by atoms with Gasteiger partial charge in [0.05, 0.1) is 11.9 Å². The number of hydrogen-bond donors (Lipinski definition) is 1. The highest BCUT2D eigenvalue weighted by molar-refractivity contribution is 7.90. The van der Waals surface area contributed by atoms with E-state index >= 15 is 0 Å². The Hall–Kier alpha value is -0.620. The number of hydrogen-bond acceptors (Lipinski definition) is 4. The van der Waals surface area contributed by atoms with E-state index in [-0.39, 0.29) is 22.5 Å². The molecule has 17 heavy (non-hydrogen) atoms. The Balaban J connectivity index is 1.61. The highest BCUT2D eigenvalue weighted by atomic mass is 32.2. The topological polar surface area (TPSA) is 72.5 Å². The number of rotatable bonds is 3.